The molecule has 0 bridgehead atoms. The van der Waals surface area contributed by atoms with E-state index in [0.29, 0.717) is 16.5 Å². The molecule has 0 aromatic heterocycles. The maximum atomic E-state index is 13.4. The fourth-order valence-electron chi connectivity index (χ4n) is 3.13. The van der Waals surface area contributed by atoms with Gasteiger partial charge < -0.3 is 15.0 Å². The number of nitrogens with zero attached hydrogens (tertiary/aromatic N) is 1. The van der Waals surface area contributed by atoms with Crippen LogP contribution in [0.25, 0.3) is 0 Å². The van der Waals surface area contributed by atoms with Gasteiger partial charge in [0.15, 0.2) is 0 Å². The van der Waals surface area contributed by atoms with Gasteiger partial charge in [-0.1, -0.05) is 22.9 Å². The SMILES string of the molecule is CC[C@@H]1Nc2c(cc(Br)cc2C(F)(F)F)[C@@H]1CN(C)C(=O)OC(C)(C)C. The number of carbonyl (C=O) groups is 1. The van der Waals surface area contributed by atoms with Crippen LogP contribution in [0.15, 0.2) is 16.6 Å². The lowest BCUT2D eigenvalue weighted by Crippen LogP contribution is -2.38. The lowest BCUT2D eigenvalue weighted by Gasteiger charge is -2.28. The fraction of sp³-hybridized carbons (Fsp3) is 0.611. The molecule has 0 unspecified atom stereocenters. The zero-order chi connectivity index (χ0) is 19.9. The standard InChI is InChI=1S/C18H24BrF3N2O2/c1-6-14-12(9-24(5)16(25)26-17(2,3)4)11-7-10(19)8-13(15(11)23-14)18(20,21)22/h7-8,12,14,23H,6,9H2,1-5H3/t12-,14-/m0/s1. The zero-order valence-electron chi connectivity index (χ0n) is 15.5. The number of likely N-dealkylation sites (N-methyl/N-ethyl adjacent to an activating group) is 1. The average Bonchev–Trinajstić information content (AvgIpc) is 2.81. The predicted molar refractivity (Wildman–Crippen MR) is 98.5 cm³/mol. The summed E-state index contributed by atoms with van der Waals surface area (Å²) in [4.78, 5) is 13.7. The Bertz CT molecular complexity index is 686. The topological polar surface area (TPSA) is 41.6 Å². The van der Waals surface area contributed by atoms with Gasteiger partial charge in [-0.15, -0.1) is 0 Å². The van der Waals surface area contributed by atoms with Crippen molar-refractivity contribution in [2.24, 2.45) is 0 Å². The molecule has 1 aliphatic rings. The van der Waals surface area contributed by atoms with Crippen molar-refractivity contribution in [2.45, 2.75) is 57.9 Å². The van der Waals surface area contributed by atoms with Crippen LogP contribution in [0.3, 0.4) is 0 Å². The first-order chi connectivity index (χ1) is 11.8. The van der Waals surface area contributed by atoms with E-state index in [1.165, 1.54) is 4.90 Å². The number of ether oxygens (including phenoxy) is 1. The summed E-state index contributed by atoms with van der Waals surface area (Å²) in [7, 11) is 1.60. The van der Waals surface area contributed by atoms with Crippen molar-refractivity contribution in [3.05, 3.63) is 27.7 Å². The number of rotatable bonds is 3. The van der Waals surface area contributed by atoms with Crippen LogP contribution in [-0.2, 0) is 10.9 Å². The van der Waals surface area contributed by atoms with Crippen molar-refractivity contribution in [1.82, 2.24) is 4.90 Å². The summed E-state index contributed by atoms with van der Waals surface area (Å²) in [5, 5.41) is 3.01. The number of alkyl halides is 3. The highest BCUT2D eigenvalue weighted by Gasteiger charge is 2.41. The molecular weight excluding hydrogens is 413 g/mol. The number of hydrogen-bond donors (Lipinski definition) is 1. The molecule has 26 heavy (non-hydrogen) atoms. The van der Waals surface area contributed by atoms with E-state index >= 15 is 0 Å². The summed E-state index contributed by atoms with van der Waals surface area (Å²) in [6.45, 7) is 7.49. The second-order valence-electron chi connectivity index (χ2n) is 7.54. The molecular formula is C18H24BrF3N2O2. The minimum absolute atomic E-state index is 0.107. The van der Waals surface area contributed by atoms with E-state index in [9.17, 15) is 18.0 Å². The van der Waals surface area contributed by atoms with E-state index in [1.807, 2.05) is 6.92 Å². The molecule has 0 radical (unpaired) electrons. The van der Waals surface area contributed by atoms with Gasteiger partial charge in [-0.05, 0) is 44.9 Å². The number of carbonyl (C=O) groups excluding carboxylic acids is 1. The number of fused-ring (bicyclic) bond motifs is 1. The van der Waals surface area contributed by atoms with E-state index in [-0.39, 0.29) is 24.2 Å². The highest BCUT2D eigenvalue weighted by Crippen LogP contribution is 2.46. The smallest absolute Gasteiger partial charge is 0.418 e. The molecule has 1 N–H and O–H groups in total. The van der Waals surface area contributed by atoms with Gasteiger partial charge in [0.05, 0.1) is 11.3 Å². The van der Waals surface area contributed by atoms with Gasteiger partial charge in [-0.2, -0.15) is 13.2 Å². The molecule has 1 aromatic rings. The fourth-order valence-corrected chi connectivity index (χ4v) is 3.60. The van der Waals surface area contributed by atoms with E-state index in [1.54, 1.807) is 33.9 Å². The third-order valence-corrected chi connectivity index (χ3v) is 4.73. The highest BCUT2D eigenvalue weighted by molar-refractivity contribution is 9.10. The first-order valence-corrected chi connectivity index (χ1v) is 9.24. The number of hydrogen-bond acceptors (Lipinski definition) is 3. The Morgan fingerprint density at radius 1 is 1.31 bits per heavy atom. The average molecular weight is 437 g/mol. The van der Waals surface area contributed by atoms with Crippen LogP contribution in [0.1, 0.15) is 51.2 Å². The van der Waals surface area contributed by atoms with E-state index < -0.39 is 23.4 Å². The van der Waals surface area contributed by atoms with Gasteiger partial charge in [-0.3, -0.25) is 0 Å². The summed E-state index contributed by atoms with van der Waals surface area (Å²) in [5.41, 5.74) is -0.653. The van der Waals surface area contributed by atoms with E-state index in [4.69, 9.17) is 4.74 Å². The molecule has 8 heteroatoms. The van der Waals surface area contributed by atoms with E-state index in [0.717, 1.165) is 6.07 Å². The number of anilines is 1. The maximum absolute atomic E-state index is 13.4. The van der Waals surface area contributed by atoms with Crippen LogP contribution in [0, 0.1) is 0 Å². The predicted octanol–water partition coefficient (Wildman–Crippen LogP) is 5.62. The van der Waals surface area contributed by atoms with Gasteiger partial charge in [0, 0.05) is 30.0 Å². The van der Waals surface area contributed by atoms with Gasteiger partial charge in [-0.25, -0.2) is 4.79 Å². The van der Waals surface area contributed by atoms with Gasteiger partial charge in [0.25, 0.3) is 0 Å². The molecule has 1 amide bonds. The molecule has 4 nitrogen and oxygen atoms in total. The highest BCUT2D eigenvalue weighted by atomic mass is 79.9. The molecule has 2 rings (SSSR count). The largest absolute Gasteiger partial charge is 0.444 e. The first kappa shape index (κ1) is 20.9. The molecule has 146 valence electrons. The summed E-state index contributed by atoms with van der Waals surface area (Å²) in [6, 6.07) is 2.59. The van der Waals surface area contributed by atoms with Crippen LogP contribution >= 0.6 is 15.9 Å². The van der Waals surface area contributed by atoms with Crippen LogP contribution in [0.5, 0.6) is 0 Å². The Labute approximate surface area is 160 Å². The Balaban J connectivity index is 2.34. The van der Waals surface area contributed by atoms with Crippen LogP contribution in [-0.4, -0.2) is 36.2 Å². The van der Waals surface area contributed by atoms with Crippen molar-refractivity contribution >= 4 is 27.7 Å². The van der Waals surface area contributed by atoms with Crippen LogP contribution in [0.4, 0.5) is 23.7 Å². The molecule has 2 atom stereocenters. The molecule has 1 heterocycles. The molecule has 0 aliphatic carbocycles. The van der Waals surface area contributed by atoms with Crippen molar-refractivity contribution in [3.63, 3.8) is 0 Å². The maximum Gasteiger partial charge on any atom is 0.418 e. The Hall–Kier alpha value is -1.44. The van der Waals surface area contributed by atoms with Crippen molar-refractivity contribution in [1.29, 1.82) is 0 Å². The molecule has 1 aliphatic heterocycles. The molecule has 1 aromatic carbocycles. The van der Waals surface area contributed by atoms with E-state index in [2.05, 4.69) is 21.2 Å². The van der Waals surface area contributed by atoms with Crippen molar-refractivity contribution < 1.29 is 22.7 Å². The lowest BCUT2D eigenvalue weighted by molar-refractivity contribution is -0.137. The first-order valence-electron chi connectivity index (χ1n) is 8.44. The van der Waals surface area contributed by atoms with Gasteiger partial charge >= 0.3 is 12.3 Å². The second-order valence-corrected chi connectivity index (χ2v) is 8.46. The van der Waals surface area contributed by atoms with Crippen LogP contribution in [0.2, 0.25) is 0 Å². The Morgan fingerprint density at radius 2 is 1.92 bits per heavy atom. The monoisotopic (exact) mass is 436 g/mol. The lowest BCUT2D eigenvalue weighted by atomic mass is 9.92. The zero-order valence-corrected chi connectivity index (χ0v) is 17.1. The number of benzene rings is 1. The molecule has 0 saturated heterocycles. The van der Waals surface area contributed by atoms with Gasteiger partial charge in [0.1, 0.15) is 5.60 Å². The summed E-state index contributed by atoms with van der Waals surface area (Å²) in [6.07, 6.45) is -4.31. The summed E-state index contributed by atoms with van der Waals surface area (Å²) < 4.78 is 46.0. The minimum atomic E-state index is -4.45. The normalized spacial score (nSPS) is 19.7. The quantitative estimate of drug-likeness (QED) is 0.667. The van der Waals surface area contributed by atoms with Gasteiger partial charge in [0.2, 0.25) is 0 Å². The summed E-state index contributed by atoms with van der Waals surface area (Å²) in [5.74, 6) is -0.258. The van der Waals surface area contributed by atoms with Crippen LogP contribution < -0.4 is 5.32 Å². The van der Waals surface area contributed by atoms with Crippen molar-refractivity contribution in [3.8, 4) is 0 Å². The second kappa shape index (κ2) is 7.29. The third kappa shape index (κ3) is 4.64. The molecule has 0 spiro atoms. The molecule has 0 saturated carbocycles. The molecule has 0 fully saturated rings. The summed E-state index contributed by atoms with van der Waals surface area (Å²) >= 11 is 3.18. The third-order valence-electron chi connectivity index (χ3n) is 4.27. The minimum Gasteiger partial charge on any atom is -0.444 e. The van der Waals surface area contributed by atoms with Crippen molar-refractivity contribution in [2.75, 3.05) is 18.9 Å². The number of nitrogens with one attached hydrogen (secondary N) is 1. The Kier molecular flexibility index (Phi) is 5.85. The Morgan fingerprint density at radius 3 is 2.42 bits per heavy atom. The number of amides is 1. The number of halogens is 4.